The van der Waals surface area contributed by atoms with Gasteiger partial charge in [-0.05, 0) is 46.2 Å². The van der Waals surface area contributed by atoms with E-state index in [9.17, 15) is 0 Å². The third-order valence-electron chi connectivity index (χ3n) is 7.91. The van der Waals surface area contributed by atoms with E-state index < -0.39 is 6.69 Å². The van der Waals surface area contributed by atoms with Crippen LogP contribution >= 0.6 is 22.2 Å². The van der Waals surface area contributed by atoms with Crippen LogP contribution in [0.1, 0.15) is 63.8 Å². The summed E-state index contributed by atoms with van der Waals surface area (Å²) < 4.78 is 0. The summed E-state index contributed by atoms with van der Waals surface area (Å²) in [7, 11) is 0. The van der Waals surface area contributed by atoms with Gasteiger partial charge in [0.2, 0.25) is 6.69 Å². The van der Waals surface area contributed by atoms with Crippen molar-refractivity contribution >= 4 is 50.4 Å². The predicted octanol–water partition coefficient (Wildman–Crippen LogP) is 13.8. The van der Waals surface area contributed by atoms with E-state index in [2.05, 4.69) is 165 Å². The Morgan fingerprint density at radius 3 is 1.11 bits per heavy atom. The topological polar surface area (TPSA) is 0 Å². The molecule has 0 heterocycles. The molecule has 0 bridgehead atoms. The van der Waals surface area contributed by atoms with Crippen molar-refractivity contribution in [3.05, 3.63) is 131 Å². The fraction of sp³-hybridized carbons (Fsp3) is 0.286. The zero-order chi connectivity index (χ0) is 33.2. The Morgan fingerprint density at radius 1 is 0.522 bits per heavy atom. The average Bonchev–Trinajstić information content (AvgIpc) is 3.52. The standard InChI is InChI=1S/2C20H21.C2H6Cl2Si.Zr/c2*1-14-12-16-6-5-7-18(19(16)13-14)15-8-10-17(11-9-15)20(2,3)4;1-5(2,3)4;/h2*5-13H,1-4H3;1-2H3;/q2*-1;;+2. The summed E-state index contributed by atoms with van der Waals surface area (Å²) in [4.78, 5) is 0. The molecular formula is C42H48Cl2SiZr. The summed E-state index contributed by atoms with van der Waals surface area (Å²) in [5, 5.41) is 5.38. The van der Waals surface area contributed by atoms with Crippen molar-refractivity contribution in [2.45, 2.75) is 79.3 Å². The summed E-state index contributed by atoms with van der Waals surface area (Å²) in [6.45, 7) is 19.9. The molecule has 46 heavy (non-hydrogen) atoms. The van der Waals surface area contributed by atoms with Crippen LogP contribution in [0.3, 0.4) is 0 Å². The van der Waals surface area contributed by atoms with E-state index in [0.29, 0.717) is 0 Å². The van der Waals surface area contributed by atoms with Gasteiger partial charge in [-0.15, -0.1) is 91.2 Å². The van der Waals surface area contributed by atoms with E-state index in [4.69, 9.17) is 22.2 Å². The van der Waals surface area contributed by atoms with Gasteiger partial charge in [-0.25, -0.2) is 0 Å². The molecule has 0 radical (unpaired) electrons. The van der Waals surface area contributed by atoms with E-state index in [-0.39, 0.29) is 37.0 Å². The van der Waals surface area contributed by atoms with Crippen molar-refractivity contribution in [1.29, 1.82) is 0 Å². The molecule has 0 amide bonds. The van der Waals surface area contributed by atoms with Gasteiger partial charge in [0.05, 0.1) is 0 Å². The molecule has 0 aromatic heterocycles. The minimum Gasteiger partial charge on any atom is -0.165 e. The van der Waals surface area contributed by atoms with E-state index in [1.807, 2.05) is 13.1 Å². The van der Waals surface area contributed by atoms with Crippen LogP contribution in [0.4, 0.5) is 0 Å². The van der Waals surface area contributed by atoms with Crippen molar-refractivity contribution in [2.75, 3.05) is 0 Å². The number of fused-ring (bicyclic) bond motifs is 2. The van der Waals surface area contributed by atoms with Crippen LogP contribution in [0.2, 0.25) is 13.1 Å². The van der Waals surface area contributed by atoms with Crippen molar-refractivity contribution in [3.63, 3.8) is 0 Å². The minimum absolute atomic E-state index is 0. The van der Waals surface area contributed by atoms with Gasteiger partial charge in [0.15, 0.2) is 0 Å². The molecule has 0 aliphatic heterocycles. The molecule has 0 aliphatic rings. The third-order valence-corrected chi connectivity index (χ3v) is 7.91. The Kier molecular flexibility index (Phi) is 12.7. The maximum absolute atomic E-state index is 5.43. The second-order valence-electron chi connectivity index (χ2n) is 14.7. The van der Waals surface area contributed by atoms with Gasteiger partial charge in [0.25, 0.3) is 0 Å². The van der Waals surface area contributed by atoms with Crippen molar-refractivity contribution in [3.8, 4) is 22.3 Å². The van der Waals surface area contributed by atoms with Crippen LogP contribution in [0.15, 0.2) is 109 Å². The van der Waals surface area contributed by atoms with Gasteiger partial charge in [-0.3, -0.25) is 0 Å². The fourth-order valence-corrected chi connectivity index (χ4v) is 5.57. The number of rotatable bonds is 2. The molecule has 6 aromatic carbocycles. The fourth-order valence-electron chi connectivity index (χ4n) is 5.57. The SMILES string of the molecule is C[Si](C)(Cl)Cl.Cc1cc2c(-c3ccc(C(C)(C)C)cc3)cccc2[cH-]1.Cc1cc2c(-c3ccc(C(C)(C)C)cc3)cccc2[cH-]1.[Zr+2]. The van der Waals surface area contributed by atoms with Gasteiger partial charge in [-0.2, -0.15) is 12.1 Å². The molecule has 0 atom stereocenters. The van der Waals surface area contributed by atoms with Gasteiger partial charge >= 0.3 is 26.2 Å². The zero-order valence-electron chi connectivity index (χ0n) is 29.1. The summed E-state index contributed by atoms with van der Waals surface area (Å²) in [5.41, 5.74) is 11.1. The van der Waals surface area contributed by atoms with E-state index in [1.165, 1.54) is 66.1 Å². The van der Waals surface area contributed by atoms with E-state index in [0.717, 1.165) is 0 Å². The molecule has 0 nitrogen and oxygen atoms in total. The Morgan fingerprint density at radius 2 is 0.826 bits per heavy atom. The molecule has 0 aliphatic carbocycles. The zero-order valence-corrected chi connectivity index (χ0v) is 34.1. The van der Waals surface area contributed by atoms with Crippen LogP contribution in [0, 0.1) is 13.8 Å². The number of aryl methyl sites for hydroxylation is 2. The number of benzene rings is 4. The van der Waals surface area contributed by atoms with Crippen molar-refractivity contribution < 1.29 is 26.2 Å². The molecule has 0 saturated carbocycles. The Bertz CT molecular complexity index is 1710. The van der Waals surface area contributed by atoms with Gasteiger partial charge in [0.1, 0.15) is 0 Å². The first-order valence-electron chi connectivity index (χ1n) is 15.8. The molecule has 0 N–H and O–H groups in total. The smallest absolute Gasteiger partial charge is 0.165 e. The summed E-state index contributed by atoms with van der Waals surface area (Å²) >= 11 is 10.9. The van der Waals surface area contributed by atoms with Crippen molar-refractivity contribution in [2.24, 2.45) is 0 Å². The molecule has 0 spiro atoms. The summed E-state index contributed by atoms with van der Waals surface area (Å²) in [5.74, 6) is 0. The Balaban J connectivity index is 0.000000215. The first kappa shape index (κ1) is 38.2. The average molecular weight is 743 g/mol. The van der Waals surface area contributed by atoms with E-state index in [1.54, 1.807) is 0 Å². The first-order valence-corrected chi connectivity index (χ1v) is 20.8. The van der Waals surface area contributed by atoms with Gasteiger partial charge < -0.3 is 0 Å². The molecule has 6 aromatic rings. The molecule has 0 unspecified atom stereocenters. The van der Waals surface area contributed by atoms with Crippen LogP contribution in [-0.4, -0.2) is 6.69 Å². The van der Waals surface area contributed by atoms with Gasteiger partial charge in [-0.1, -0.05) is 127 Å². The number of hydrogen-bond acceptors (Lipinski definition) is 0. The maximum atomic E-state index is 5.43. The Labute approximate surface area is 307 Å². The summed E-state index contributed by atoms with van der Waals surface area (Å²) in [6.07, 6.45) is 0. The summed E-state index contributed by atoms with van der Waals surface area (Å²) in [6, 6.07) is 40.2. The second kappa shape index (κ2) is 15.3. The van der Waals surface area contributed by atoms with Crippen LogP contribution in [0.25, 0.3) is 43.8 Å². The normalized spacial score (nSPS) is 11.7. The van der Waals surface area contributed by atoms with Crippen LogP contribution in [0.5, 0.6) is 0 Å². The Hall–Kier alpha value is -2.22. The maximum Gasteiger partial charge on any atom is 2.00 e. The first-order chi connectivity index (χ1) is 20.9. The quantitative estimate of drug-likeness (QED) is 0.0941. The van der Waals surface area contributed by atoms with E-state index >= 15 is 0 Å². The molecule has 4 heteroatoms. The number of halogens is 2. The second-order valence-corrected chi connectivity index (χ2v) is 23.6. The van der Waals surface area contributed by atoms with Crippen molar-refractivity contribution in [1.82, 2.24) is 0 Å². The van der Waals surface area contributed by atoms with Crippen LogP contribution < -0.4 is 0 Å². The van der Waals surface area contributed by atoms with Gasteiger partial charge in [0, 0.05) is 0 Å². The third kappa shape index (κ3) is 10.4. The molecule has 0 fully saturated rings. The van der Waals surface area contributed by atoms with Crippen LogP contribution in [-0.2, 0) is 37.0 Å². The predicted molar refractivity (Wildman–Crippen MR) is 206 cm³/mol. The molecule has 238 valence electrons. The molecule has 6 rings (SSSR count). The molecular weight excluding hydrogens is 695 g/mol. The molecule has 0 saturated heterocycles. The monoisotopic (exact) mass is 740 g/mol. The number of hydrogen-bond donors (Lipinski definition) is 0. The minimum atomic E-state index is -1.67. The largest absolute Gasteiger partial charge is 2.00 e.